The molecule has 1 aromatic carbocycles. The van der Waals surface area contributed by atoms with Gasteiger partial charge in [-0.15, -0.1) is 0 Å². The maximum absolute atomic E-state index is 11.4. The number of nitrogens with zero attached hydrogens (tertiary/aromatic N) is 2. The SMILES string of the molecule is CC1(C(N)=O)CCN(CC(C#N)c2ccccc2)C1. The molecule has 1 aromatic rings. The summed E-state index contributed by atoms with van der Waals surface area (Å²) in [5.41, 5.74) is 6.02. The first-order chi connectivity index (χ1) is 9.05. The summed E-state index contributed by atoms with van der Waals surface area (Å²) >= 11 is 0. The summed E-state index contributed by atoms with van der Waals surface area (Å²) in [6, 6.07) is 12.1. The lowest BCUT2D eigenvalue weighted by atomic mass is 9.89. The highest BCUT2D eigenvalue weighted by molar-refractivity contribution is 5.81. The van der Waals surface area contributed by atoms with Gasteiger partial charge in [0.05, 0.1) is 17.4 Å². The van der Waals surface area contributed by atoms with Crippen molar-refractivity contribution >= 4 is 5.91 Å². The fourth-order valence-electron chi connectivity index (χ4n) is 2.58. The second-order valence-electron chi connectivity index (χ2n) is 5.50. The Balaban J connectivity index is 2.02. The molecule has 0 aliphatic carbocycles. The molecule has 100 valence electrons. The number of hydrogen-bond acceptors (Lipinski definition) is 3. The summed E-state index contributed by atoms with van der Waals surface area (Å²) in [5.74, 6) is -0.403. The molecule has 0 aromatic heterocycles. The Kier molecular flexibility index (Phi) is 3.87. The number of nitrogens with two attached hydrogens (primary N) is 1. The highest BCUT2D eigenvalue weighted by Crippen LogP contribution is 2.30. The Bertz CT molecular complexity index is 494. The molecular weight excluding hydrogens is 238 g/mol. The van der Waals surface area contributed by atoms with Crippen LogP contribution >= 0.6 is 0 Å². The average molecular weight is 257 g/mol. The summed E-state index contributed by atoms with van der Waals surface area (Å²) in [6.07, 6.45) is 0.773. The zero-order chi connectivity index (χ0) is 13.9. The van der Waals surface area contributed by atoms with Crippen molar-refractivity contribution in [2.45, 2.75) is 19.3 Å². The van der Waals surface area contributed by atoms with Gasteiger partial charge in [-0.3, -0.25) is 4.79 Å². The van der Waals surface area contributed by atoms with Crippen molar-refractivity contribution in [3.8, 4) is 6.07 Å². The molecule has 0 spiro atoms. The molecular formula is C15H19N3O. The van der Waals surface area contributed by atoms with E-state index in [1.54, 1.807) is 0 Å². The third-order valence-electron chi connectivity index (χ3n) is 3.95. The zero-order valence-electron chi connectivity index (χ0n) is 11.2. The quantitative estimate of drug-likeness (QED) is 0.888. The first-order valence-electron chi connectivity index (χ1n) is 6.52. The predicted octanol–water partition coefficient (Wildman–Crippen LogP) is 1.49. The largest absolute Gasteiger partial charge is 0.369 e. The number of amides is 1. The van der Waals surface area contributed by atoms with Crippen LogP contribution in [0.3, 0.4) is 0 Å². The molecule has 2 N–H and O–H groups in total. The van der Waals surface area contributed by atoms with E-state index in [2.05, 4.69) is 11.0 Å². The number of benzene rings is 1. The molecule has 2 unspecified atom stereocenters. The van der Waals surface area contributed by atoms with Gasteiger partial charge in [-0.05, 0) is 25.5 Å². The van der Waals surface area contributed by atoms with Crippen LogP contribution < -0.4 is 5.73 Å². The average Bonchev–Trinajstić information content (AvgIpc) is 2.80. The van der Waals surface area contributed by atoms with Crippen LogP contribution in [0.4, 0.5) is 0 Å². The minimum absolute atomic E-state index is 0.156. The van der Waals surface area contributed by atoms with Crippen LogP contribution in [0.15, 0.2) is 30.3 Å². The topological polar surface area (TPSA) is 70.1 Å². The maximum Gasteiger partial charge on any atom is 0.224 e. The van der Waals surface area contributed by atoms with E-state index in [0.29, 0.717) is 13.1 Å². The number of hydrogen-bond donors (Lipinski definition) is 1. The monoisotopic (exact) mass is 257 g/mol. The zero-order valence-corrected chi connectivity index (χ0v) is 11.2. The molecule has 1 aliphatic heterocycles. The van der Waals surface area contributed by atoms with Gasteiger partial charge in [-0.25, -0.2) is 0 Å². The van der Waals surface area contributed by atoms with Crippen LogP contribution in [-0.4, -0.2) is 30.4 Å². The van der Waals surface area contributed by atoms with Gasteiger partial charge in [0.15, 0.2) is 0 Å². The summed E-state index contributed by atoms with van der Waals surface area (Å²) in [4.78, 5) is 13.6. The molecule has 4 heteroatoms. The number of rotatable bonds is 4. The van der Waals surface area contributed by atoms with Crippen molar-refractivity contribution in [2.75, 3.05) is 19.6 Å². The molecule has 0 saturated carbocycles. The minimum atomic E-state index is -0.448. The van der Waals surface area contributed by atoms with E-state index in [4.69, 9.17) is 5.73 Å². The predicted molar refractivity (Wildman–Crippen MR) is 73.2 cm³/mol. The first-order valence-corrected chi connectivity index (χ1v) is 6.52. The van der Waals surface area contributed by atoms with Crippen molar-refractivity contribution in [1.82, 2.24) is 4.90 Å². The molecule has 1 fully saturated rings. The Morgan fingerprint density at radius 2 is 2.21 bits per heavy atom. The second-order valence-corrected chi connectivity index (χ2v) is 5.50. The molecule has 1 amide bonds. The summed E-state index contributed by atoms with van der Waals surface area (Å²) in [6.45, 7) is 4.03. The first kappa shape index (κ1) is 13.6. The van der Waals surface area contributed by atoms with Crippen molar-refractivity contribution in [2.24, 2.45) is 11.1 Å². The Morgan fingerprint density at radius 1 is 1.53 bits per heavy atom. The lowest BCUT2D eigenvalue weighted by molar-refractivity contribution is -0.126. The van der Waals surface area contributed by atoms with Crippen LogP contribution in [0.2, 0.25) is 0 Å². The van der Waals surface area contributed by atoms with Crippen molar-refractivity contribution in [1.29, 1.82) is 5.26 Å². The van der Waals surface area contributed by atoms with E-state index < -0.39 is 5.41 Å². The Hall–Kier alpha value is -1.86. The fraction of sp³-hybridized carbons (Fsp3) is 0.467. The van der Waals surface area contributed by atoms with Crippen molar-refractivity contribution in [3.05, 3.63) is 35.9 Å². The number of carbonyl (C=O) groups is 1. The van der Waals surface area contributed by atoms with E-state index in [0.717, 1.165) is 18.5 Å². The summed E-state index contributed by atoms with van der Waals surface area (Å²) in [5, 5.41) is 9.31. The Labute approximate surface area is 113 Å². The molecule has 1 saturated heterocycles. The lowest BCUT2D eigenvalue weighted by Crippen LogP contribution is -2.37. The molecule has 1 heterocycles. The van der Waals surface area contributed by atoms with Gasteiger partial charge in [0.1, 0.15) is 0 Å². The maximum atomic E-state index is 11.4. The molecule has 2 atom stereocenters. The summed E-state index contributed by atoms with van der Waals surface area (Å²) in [7, 11) is 0. The van der Waals surface area contributed by atoms with Crippen LogP contribution in [0, 0.1) is 16.7 Å². The van der Waals surface area contributed by atoms with Crippen LogP contribution in [0.1, 0.15) is 24.8 Å². The molecule has 1 aliphatic rings. The highest BCUT2D eigenvalue weighted by Gasteiger charge is 2.39. The van der Waals surface area contributed by atoms with Crippen molar-refractivity contribution in [3.63, 3.8) is 0 Å². The van der Waals surface area contributed by atoms with E-state index in [-0.39, 0.29) is 11.8 Å². The number of carbonyl (C=O) groups excluding carboxylic acids is 1. The Morgan fingerprint density at radius 3 is 2.74 bits per heavy atom. The molecule has 0 bridgehead atoms. The van der Waals surface area contributed by atoms with E-state index in [1.165, 1.54) is 0 Å². The standard InChI is InChI=1S/C15H19N3O/c1-15(14(17)19)7-8-18(11-15)10-13(9-16)12-5-3-2-4-6-12/h2-6,13H,7-8,10-11H2,1H3,(H2,17,19). The molecule has 19 heavy (non-hydrogen) atoms. The van der Waals surface area contributed by atoms with Gasteiger partial charge in [0.2, 0.25) is 5.91 Å². The second kappa shape index (κ2) is 5.41. The third kappa shape index (κ3) is 2.94. The van der Waals surface area contributed by atoms with E-state index in [1.807, 2.05) is 37.3 Å². The number of primary amides is 1. The third-order valence-corrected chi connectivity index (χ3v) is 3.95. The fourth-order valence-corrected chi connectivity index (χ4v) is 2.58. The van der Waals surface area contributed by atoms with Crippen LogP contribution in [-0.2, 0) is 4.79 Å². The van der Waals surface area contributed by atoms with Gasteiger partial charge in [0, 0.05) is 13.1 Å². The number of likely N-dealkylation sites (tertiary alicyclic amines) is 1. The molecule has 4 nitrogen and oxygen atoms in total. The van der Waals surface area contributed by atoms with Gasteiger partial charge in [-0.2, -0.15) is 5.26 Å². The van der Waals surface area contributed by atoms with Crippen LogP contribution in [0.5, 0.6) is 0 Å². The minimum Gasteiger partial charge on any atom is -0.369 e. The van der Waals surface area contributed by atoms with Gasteiger partial charge >= 0.3 is 0 Å². The number of nitriles is 1. The highest BCUT2D eigenvalue weighted by atomic mass is 16.1. The van der Waals surface area contributed by atoms with Gasteiger partial charge in [-0.1, -0.05) is 30.3 Å². The van der Waals surface area contributed by atoms with E-state index >= 15 is 0 Å². The van der Waals surface area contributed by atoms with Gasteiger partial charge in [0.25, 0.3) is 0 Å². The molecule has 0 radical (unpaired) electrons. The van der Waals surface area contributed by atoms with Crippen LogP contribution in [0.25, 0.3) is 0 Å². The normalized spacial score (nSPS) is 24.8. The summed E-state index contributed by atoms with van der Waals surface area (Å²) < 4.78 is 0. The smallest absolute Gasteiger partial charge is 0.224 e. The van der Waals surface area contributed by atoms with Gasteiger partial charge < -0.3 is 10.6 Å². The van der Waals surface area contributed by atoms with E-state index in [9.17, 15) is 10.1 Å². The molecule has 2 rings (SSSR count). The lowest BCUT2D eigenvalue weighted by Gasteiger charge is -2.22. The van der Waals surface area contributed by atoms with Crippen molar-refractivity contribution < 1.29 is 4.79 Å².